The zero-order chi connectivity index (χ0) is 16.3. The quantitative estimate of drug-likeness (QED) is 0.737. The average Bonchev–Trinajstić information content (AvgIpc) is 2.35. The Morgan fingerprint density at radius 3 is 2.48 bits per heavy atom. The highest BCUT2D eigenvalue weighted by atomic mass is 32.2. The van der Waals surface area contributed by atoms with E-state index in [9.17, 15) is 8.42 Å². The molecule has 1 aromatic carbocycles. The Morgan fingerprint density at radius 2 is 1.95 bits per heavy atom. The summed E-state index contributed by atoms with van der Waals surface area (Å²) in [4.78, 5) is 2.18. The third-order valence-electron chi connectivity index (χ3n) is 3.00. The maximum absolute atomic E-state index is 12.3. The molecule has 0 aliphatic heterocycles. The van der Waals surface area contributed by atoms with Crippen LogP contribution < -0.4 is 15.2 Å². The van der Waals surface area contributed by atoms with Crippen molar-refractivity contribution in [1.82, 2.24) is 9.62 Å². The number of nitrogens with zero attached hydrogens (tertiary/aromatic N) is 1. The fraction of sp³-hybridized carbons (Fsp3) is 0.571. The van der Waals surface area contributed by atoms with Crippen LogP contribution in [0.4, 0.5) is 5.69 Å². The summed E-state index contributed by atoms with van der Waals surface area (Å²) in [5.74, 6) is 0.352. The summed E-state index contributed by atoms with van der Waals surface area (Å²) < 4.78 is 32.3. The van der Waals surface area contributed by atoms with Gasteiger partial charge in [-0.05, 0) is 31.6 Å². The molecule has 21 heavy (non-hydrogen) atoms. The monoisotopic (exact) mass is 315 g/mol. The topological polar surface area (TPSA) is 84.7 Å². The summed E-state index contributed by atoms with van der Waals surface area (Å²) in [6.07, 6.45) is 0. The highest BCUT2D eigenvalue weighted by molar-refractivity contribution is 7.89. The minimum Gasteiger partial charge on any atom is -0.495 e. The summed E-state index contributed by atoms with van der Waals surface area (Å²) in [6, 6.07) is 4.42. The molecule has 0 saturated heterocycles. The maximum atomic E-state index is 12.3. The van der Waals surface area contributed by atoms with Gasteiger partial charge in [0.2, 0.25) is 10.0 Å². The summed E-state index contributed by atoms with van der Waals surface area (Å²) in [5.41, 5.74) is 5.93. The Balaban J connectivity index is 2.87. The van der Waals surface area contributed by atoms with Crippen LogP contribution in [-0.2, 0) is 10.0 Å². The van der Waals surface area contributed by atoms with Crippen LogP contribution in [0.5, 0.6) is 5.75 Å². The van der Waals surface area contributed by atoms with E-state index in [1.165, 1.54) is 25.3 Å². The first-order chi connectivity index (χ1) is 9.57. The van der Waals surface area contributed by atoms with Gasteiger partial charge in [-0.3, -0.25) is 0 Å². The number of ether oxygens (including phenoxy) is 1. The third-order valence-corrected chi connectivity index (χ3v) is 4.40. The van der Waals surface area contributed by atoms with E-state index < -0.39 is 10.0 Å². The molecular weight excluding hydrogens is 290 g/mol. The standard InChI is InChI=1S/C14H25N3O3S/c1-14(2,10-17(3)4)9-16-21(18,19)11-6-7-12(15)13(8-11)20-5/h6-8,16H,9-10,15H2,1-5H3. The van der Waals surface area contributed by atoms with E-state index in [-0.39, 0.29) is 10.3 Å². The van der Waals surface area contributed by atoms with Crippen molar-refractivity contribution in [1.29, 1.82) is 0 Å². The molecule has 0 aliphatic rings. The number of hydrogen-bond donors (Lipinski definition) is 2. The first kappa shape index (κ1) is 17.7. The van der Waals surface area contributed by atoms with Crippen molar-refractivity contribution >= 4 is 15.7 Å². The van der Waals surface area contributed by atoms with Gasteiger partial charge in [0.05, 0.1) is 17.7 Å². The van der Waals surface area contributed by atoms with Gasteiger partial charge in [0.25, 0.3) is 0 Å². The van der Waals surface area contributed by atoms with Crippen LogP contribution in [0.1, 0.15) is 13.8 Å². The second kappa shape index (κ2) is 6.64. The highest BCUT2D eigenvalue weighted by Crippen LogP contribution is 2.25. The molecule has 0 radical (unpaired) electrons. The van der Waals surface area contributed by atoms with Crippen molar-refractivity contribution in [3.8, 4) is 5.75 Å². The molecule has 1 rings (SSSR count). The normalized spacial score (nSPS) is 12.7. The highest BCUT2D eigenvalue weighted by Gasteiger charge is 2.23. The molecule has 0 spiro atoms. The maximum Gasteiger partial charge on any atom is 0.240 e. The molecule has 7 heteroatoms. The van der Waals surface area contributed by atoms with Crippen molar-refractivity contribution < 1.29 is 13.2 Å². The van der Waals surface area contributed by atoms with Crippen molar-refractivity contribution in [3.05, 3.63) is 18.2 Å². The average molecular weight is 315 g/mol. The Kier molecular flexibility index (Phi) is 5.61. The summed E-state index contributed by atoms with van der Waals surface area (Å²) in [5, 5.41) is 0. The van der Waals surface area contributed by atoms with E-state index in [4.69, 9.17) is 10.5 Å². The second-order valence-electron chi connectivity index (χ2n) is 6.13. The number of hydrogen-bond acceptors (Lipinski definition) is 5. The largest absolute Gasteiger partial charge is 0.495 e. The molecule has 3 N–H and O–H groups in total. The van der Waals surface area contributed by atoms with E-state index in [0.29, 0.717) is 18.0 Å². The zero-order valence-corrected chi connectivity index (χ0v) is 14.1. The van der Waals surface area contributed by atoms with Crippen molar-refractivity contribution in [3.63, 3.8) is 0 Å². The molecule has 0 heterocycles. The number of sulfonamides is 1. The Hall–Kier alpha value is -1.31. The van der Waals surface area contributed by atoms with E-state index in [1.807, 2.05) is 32.8 Å². The molecule has 0 aliphatic carbocycles. The van der Waals surface area contributed by atoms with Gasteiger partial charge in [-0.15, -0.1) is 0 Å². The number of nitrogens with one attached hydrogen (secondary N) is 1. The lowest BCUT2D eigenvalue weighted by Gasteiger charge is -2.28. The first-order valence-corrected chi connectivity index (χ1v) is 8.14. The first-order valence-electron chi connectivity index (χ1n) is 6.65. The van der Waals surface area contributed by atoms with Crippen LogP contribution in [-0.4, -0.2) is 47.6 Å². The van der Waals surface area contributed by atoms with Crippen LogP contribution in [0.3, 0.4) is 0 Å². The van der Waals surface area contributed by atoms with Crippen molar-refractivity contribution in [2.75, 3.05) is 40.0 Å². The number of nitrogen functional groups attached to an aromatic ring is 1. The lowest BCUT2D eigenvalue weighted by Crippen LogP contribution is -2.39. The van der Waals surface area contributed by atoms with Crippen LogP contribution in [0.2, 0.25) is 0 Å². The van der Waals surface area contributed by atoms with Crippen LogP contribution in [0.25, 0.3) is 0 Å². The molecule has 0 saturated carbocycles. The number of rotatable bonds is 7. The number of methoxy groups -OCH3 is 1. The molecule has 1 aromatic rings. The van der Waals surface area contributed by atoms with Gasteiger partial charge in [-0.2, -0.15) is 0 Å². The minimum absolute atomic E-state index is 0.147. The van der Waals surface area contributed by atoms with Gasteiger partial charge >= 0.3 is 0 Å². The SMILES string of the molecule is COc1cc(S(=O)(=O)NCC(C)(C)CN(C)C)ccc1N. The summed E-state index contributed by atoms with van der Waals surface area (Å²) in [6.45, 7) is 5.15. The van der Waals surface area contributed by atoms with Gasteiger partial charge in [0, 0.05) is 19.2 Å². The molecule has 0 bridgehead atoms. The Bertz CT molecular complexity index is 583. The molecule has 0 aromatic heterocycles. The Morgan fingerprint density at radius 1 is 1.33 bits per heavy atom. The van der Waals surface area contributed by atoms with Gasteiger partial charge in [0.15, 0.2) is 0 Å². The van der Waals surface area contributed by atoms with Crippen LogP contribution in [0, 0.1) is 5.41 Å². The lowest BCUT2D eigenvalue weighted by atomic mass is 9.93. The van der Waals surface area contributed by atoms with Gasteiger partial charge in [-0.1, -0.05) is 13.8 Å². The van der Waals surface area contributed by atoms with Gasteiger partial charge in [0.1, 0.15) is 5.75 Å². The molecule has 120 valence electrons. The predicted molar refractivity (Wildman–Crippen MR) is 84.9 cm³/mol. The molecular formula is C14H25N3O3S. The molecule has 6 nitrogen and oxygen atoms in total. The number of anilines is 1. The Labute approximate surface area is 127 Å². The molecule has 0 atom stereocenters. The second-order valence-corrected chi connectivity index (χ2v) is 7.90. The fourth-order valence-electron chi connectivity index (χ4n) is 2.14. The van der Waals surface area contributed by atoms with E-state index >= 15 is 0 Å². The van der Waals surface area contributed by atoms with Gasteiger partial charge in [-0.25, -0.2) is 13.1 Å². The van der Waals surface area contributed by atoms with Gasteiger partial charge < -0.3 is 15.4 Å². The predicted octanol–water partition coefficient (Wildman–Crippen LogP) is 1.14. The third kappa shape index (κ3) is 5.18. The fourth-order valence-corrected chi connectivity index (χ4v) is 3.40. The van der Waals surface area contributed by atoms with E-state index in [2.05, 4.69) is 4.72 Å². The summed E-state index contributed by atoms with van der Waals surface area (Å²) in [7, 11) is 1.79. The summed E-state index contributed by atoms with van der Waals surface area (Å²) >= 11 is 0. The molecule has 0 fully saturated rings. The zero-order valence-electron chi connectivity index (χ0n) is 13.3. The van der Waals surface area contributed by atoms with Crippen molar-refractivity contribution in [2.45, 2.75) is 18.7 Å². The molecule has 0 unspecified atom stereocenters. The van der Waals surface area contributed by atoms with E-state index in [0.717, 1.165) is 6.54 Å². The lowest BCUT2D eigenvalue weighted by molar-refractivity contribution is 0.242. The van der Waals surface area contributed by atoms with Crippen LogP contribution >= 0.6 is 0 Å². The molecule has 0 amide bonds. The smallest absolute Gasteiger partial charge is 0.240 e. The van der Waals surface area contributed by atoms with Crippen LogP contribution in [0.15, 0.2) is 23.1 Å². The van der Waals surface area contributed by atoms with E-state index in [1.54, 1.807) is 0 Å². The number of benzene rings is 1. The number of nitrogens with two attached hydrogens (primary N) is 1. The minimum atomic E-state index is -3.58. The van der Waals surface area contributed by atoms with Crippen molar-refractivity contribution in [2.24, 2.45) is 5.41 Å².